The van der Waals surface area contributed by atoms with Gasteiger partial charge < -0.3 is 9.72 Å². The lowest BCUT2D eigenvalue weighted by Gasteiger charge is -2.27. The maximum absolute atomic E-state index is 13.2. The lowest BCUT2D eigenvalue weighted by Crippen LogP contribution is -2.33. The number of ether oxygens (including phenoxy) is 1. The molecule has 1 aromatic carbocycles. The predicted molar refractivity (Wildman–Crippen MR) is 109 cm³/mol. The summed E-state index contributed by atoms with van der Waals surface area (Å²) in [4.78, 5) is 18.6. The number of aromatic amines is 1. The lowest BCUT2D eigenvalue weighted by atomic mass is 10.0. The molecule has 152 valence electrons. The second kappa shape index (κ2) is 7.59. The van der Waals surface area contributed by atoms with Crippen molar-refractivity contribution in [3.05, 3.63) is 46.0 Å². The summed E-state index contributed by atoms with van der Waals surface area (Å²) < 4.78 is 7.27. The van der Waals surface area contributed by atoms with Crippen LogP contribution in [-0.4, -0.2) is 50.3 Å². The predicted octanol–water partition coefficient (Wildman–Crippen LogP) is 2.82. The van der Waals surface area contributed by atoms with E-state index in [9.17, 15) is 4.79 Å². The maximum Gasteiger partial charge on any atom is 0.253 e. The van der Waals surface area contributed by atoms with Crippen LogP contribution in [0, 0.1) is 0 Å². The first-order chi connectivity index (χ1) is 14.2. The van der Waals surface area contributed by atoms with E-state index in [1.165, 1.54) is 12.8 Å². The van der Waals surface area contributed by atoms with Gasteiger partial charge >= 0.3 is 0 Å². The molecule has 1 aliphatic heterocycles. The van der Waals surface area contributed by atoms with E-state index < -0.39 is 0 Å². The van der Waals surface area contributed by atoms with Crippen LogP contribution in [0.15, 0.2) is 29.1 Å². The molecule has 2 aromatic heterocycles. The molecular weight excluding hydrogens is 368 g/mol. The highest BCUT2D eigenvalue weighted by Crippen LogP contribution is 2.35. The van der Waals surface area contributed by atoms with Gasteiger partial charge in [0.25, 0.3) is 5.56 Å². The topological polar surface area (TPSA) is 88.9 Å². The van der Waals surface area contributed by atoms with Gasteiger partial charge in [0.2, 0.25) is 0 Å². The Morgan fingerprint density at radius 3 is 2.69 bits per heavy atom. The summed E-state index contributed by atoms with van der Waals surface area (Å²) in [5, 5.41) is 13.7. The van der Waals surface area contributed by atoms with Gasteiger partial charge in [-0.25, -0.2) is 4.68 Å². The number of hydrogen-bond donors (Lipinski definition) is 1. The number of H-pyrrole nitrogens is 1. The fourth-order valence-electron chi connectivity index (χ4n) is 4.82. The molecule has 3 aromatic rings. The Morgan fingerprint density at radius 1 is 1.14 bits per heavy atom. The zero-order valence-electron chi connectivity index (χ0n) is 16.7. The van der Waals surface area contributed by atoms with Gasteiger partial charge in [0.05, 0.1) is 18.7 Å². The number of nitrogens with zero attached hydrogens (tertiary/aromatic N) is 5. The number of benzene rings is 1. The molecular formula is C21H26N6O2. The fraction of sp³-hybridized carbons (Fsp3) is 0.524. The number of methoxy groups -OCH3 is 1. The first-order valence-electron chi connectivity index (χ1n) is 10.5. The van der Waals surface area contributed by atoms with E-state index in [1.807, 2.05) is 28.9 Å². The van der Waals surface area contributed by atoms with Gasteiger partial charge in [0.15, 0.2) is 5.82 Å². The van der Waals surface area contributed by atoms with Crippen LogP contribution in [-0.2, 0) is 0 Å². The Balaban J connectivity index is 1.64. The molecule has 0 bridgehead atoms. The second-order valence-corrected chi connectivity index (χ2v) is 8.07. The van der Waals surface area contributed by atoms with Gasteiger partial charge in [-0.3, -0.25) is 9.69 Å². The molecule has 8 nitrogen and oxygen atoms in total. The lowest BCUT2D eigenvalue weighted by molar-refractivity contribution is 0.256. The minimum atomic E-state index is -0.233. The van der Waals surface area contributed by atoms with Crippen molar-refractivity contribution < 1.29 is 4.74 Å². The molecule has 0 spiro atoms. The summed E-state index contributed by atoms with van der Waals surface area (Å²) in [6.07, 6.45) is 6.86. The number of likely N-dealkylation sites (tertiary alicyclic amines) is 1. The zero-order chi connectivity index (χ0) is 19.8. The highest BCUT2D eigenvalue weighted by molar-refractivity contribution is 5.80. The molecule has 0 amide bonds. The molecule has 2 fully saturated rings. The van der Waals surface area contributed by atoms with Crippen molar-refractivity contribution in [2.24, 2.45) is 0 Å². The maximum atomic E-state index is 13.2. The van der Waals surface area contributed by atoms with Crippen molar-refractivity contribution in [1.82, 2.24) is 30.1 Å². The third kappa shape index (κ3) is 3.31. The number of aromatic nitrogens is 5. The van der Waals surface area contributed by atoms with Crippen LogP contribution in [0.1, 0.15) is 62.0 Å². The van der Waals surface area contributed by atoms with Gasteiger partial charge in [-0.05, 0) is 72.8 Å². The molecule has 0 unspecified atom stereocenters. The van der Waals surface area contributed by atoms with Gasteiger partial charge in [-0.15, -0.1) is 5.10 Å². The SMILES string of the molecule is COc1ccc2cc([C@@H](c3nnnn3C3CCCC3)N3CCCC3)c(=O)[nH]c2c1. The number of fused-ring (bicyclic) bond motifs is 1. The van der Waals surface area contributed by atoms with Gasteiger partial charge in [-0.2, -0.15) is 0 Å². The average Bonchev–Trinajstić information content (AvgIpc) is 3.50. The van der Waals surface area contributed by atoms with E-state index in [-0.39, 0.29) is 11.6 Å². The molecule has 29 heavy (non-hydrogen) atoms. The summed E-state index contributed by atoms with van der Waals surface area (Å²) in [5.74, 6) is 1.51. The van der Waals surface area contributed by atoms with Crippen molar-refractivity contribution in [1.29, 1.82) is 0 Å². The van der Waals surface area contributed by atoms with Gasteiger partial charge in [0, 0.05) is 11.6 Å². The Hall–Kier alpha value is -2.74. The first-order valence-corrected chi connectivity index (χ1v) is 10.5. The van der Waals surface area contributed by atoms with Gasteiger partial charge in [-0.1, -0.05) is 12.8 Å². The highest BCUT2D eigenvalue weighted by Gasteiger charge is 2.34. The molecule has 1 saturated heterocycles. The zero-order valence-corrected chi connectivity index (χ0v) is 16.7. The Labute approximate surface area is 168 Å². The largest absolute Gasteiger partial charge is 0.497 e. The summed E-state index contributed by atoms with van der Waals surface area (Å²) in [5.41, 5.74) is 1.39. The molecule has 0 radical (unpaired) electrons. The minimum absolute atomic E-state index is 0.0939. The monoisotopic (exact) mass is 394 g/mol. The molecule has 1 aliphatic carbocycles. The van der Waals surface area contributed by atoms with E-state index in [4.69, 9.17) is 4.74 Å². The molecule has 2 aliphatic rings. The summed E-state index contributed by atoms with van der Waals surface area (Å²) in [6.45, 7) is 1.89. The summed E-state index contributed by atoms with van der Waals surface area (Å²) in [7, 11) is 1.62. The van der Waals surface area contributed by atoms with Gasteiger partial charge in [0.1, 0.15) is 11.8 Å². The Kier molecular flexibility index (Phi) is 4.79. The molecule has 8 heteroatoms. The number of tetrazole rings is 1. The second-order valence-electron chi connectivity index (χ2n) is 8.07. The van der Waals surface area contributed by atoms with E-state index in [0.29, 0.717) is 11.6 Å². The molecule has 1 saturated carbocycles. The normalized spacial score (nSPS) is 19.2. The molecule has 3 heterocycles. The van der Waals surface area contributed by atoms with Crippen molar-refractivity contribution in [2.45, 2.75) is 50.6 Å². The van der Waals surface area contributed by atoms with Crippen molar-refractivity contribution in [3.63, 3.8) is 0 Å². The van der Waals surface area contributed by atoms with E-state index >= 15 is 0 Å². The van der Waals surface area contributed by atoms with Crippen LogP contribution in [0.2, 0.25) is 0 Å². The van der Waals surface area contributed by atoms with Crippen LogP contribution in [0.5, 0.6) is 5.75 Å². The van der Waals surface area contributed by atoms with Crippen LogP contribution >= 0.6 is 0 Å². The van der Waals surface area contributed by atoms with Crippen LogP contribution in [0.4, 0.5) is 0 Å². The average molecular weight is 394 g/mol. The van der Waals surface area contributed by atoms with Crippen molar-refractivity contribution >= 4 is 10.9 Å². The van der Waals surface area contributed by atoms with Crippen molar-refractivity contribution in [3.8, 4) is 5.75 Å². The summed E-state index contributed by atoms with van der Waals surface area (Å²) in [6, 6.07) is 7.84. The standard InChI is InChI=1S/C21H26N6O2/c1-29-16-9-8-14-12-17(21(28)22-18(14)13-16)19(26-10-4-5-11-26)20-23-24-25-27(20)15-6-2-3-7-15/h8-9,12-13,15,19H,2-7,10-11H2,1H3,(H,22,28)/t19-/m0/s1. The number of pyridine rings is 1. The molecule has 1 atom stereocenters. The molecule has 1 N–H and O–H groups in total. The summed E-state index contributed by atoms with van der Waals surface area (Å²) >= 11 is 0. The Bertz CT molecular complexity index is 1060. The quantitative estimate of drug-likeness (QED) is 0.716. The van der Waals surface area contributed by atoms with Crippen LogP contribution in [0.25, 0.3) is 10.9 Å². The number of nitrogens with one attached hydrogen (secondary N) is 1. The first kappa shape index (κ1) is 18.3. The fourth-order valence-corrected chi connectivity index (χ4v) is 4.82. The third-order valence-corrected chi connectivity index (χ3v) is 6.32. The van der Waals surface area contributed by atoms with Crippen LogP contribution < -0.4 is 10.3 Å². The Morgan fingerprint density at radius 2 is 1.93 bits per heavy atom. The highest BCUT2D eigenvalue weighted by atomic mass is 16.5. The van der Waals surface area contributed by atoms with Crippen LogP contribution in [0.3, 0.4) is 0 Å². The smallest absolute Gasteiger partial charge is 0.253 e. The minimum Gasteiger partial charge on any atom is -0.497 e. The number of rotatable bonds is 5. The van der Waals surface area contributed by atoms with E-state index in [0.717, 1.165) is 61.2 Å². The number of hydrogen-bond acceptors (Lipinski definition) is 6. The van der Waals surface area contributed by atoms with E-state index in [2.05, 4.69) is 25.4 Å². The molecule has 5 rings (SSSR count). The van der Waals surface area contributed by atoms with E-state index in [1.54, 1.807) is 7.11 Å². The third-order valence-electron chi connectivity index (χ3n) is 6.32. The van der Waals surface area contributed by atoms with Crippen molar-refractivity contribution in [2.75, 3.05) is 20.2 Å².